The van der Waals surface area contributed by atoms with Gasteiger partial charge < -0.3 is 20.5 Å². The maximum atomic E-state index is 12.3. The molecule has 0 saturated heterocycles. The van der Waals surface area contributed by atoms with E-state index in [2.05, 4.69) is 34.9 Å². The highest BCUT2D eigenvalue weighted by Gasteiger charge is 2.43. The molecule has 1 saturated carbocycles. The number of ether oxygens (including phenoxy) is 1. The summed E-state index contributed by atoms with van der Waals surface area (Å²) < 4.78 is 5.54. The normalized spacial score (nSPS) is 19.2. The van der Waals surface area contributed by atoms with Crippen LogP contribution in [0, 0.1) is 17.8 Å². The standard InChI is InChI=1S/C26H30N2O5/c1-16(10-11-24(29)30)13-27-25(31)22-12-17(22)14-28-26(32)33-15-23-20-8-4-2-6-18(20)19-7-3-5-9-21(19)23/h2-9,16-17,22-23H,10-15H2,1H3,(H,27,31)(H,28,32)(H,29,30). The lowest BCUT2D eigenvalue weighted by Crippen LogP contribution is -2.32. The zero-order valence-corrected chi connectivity index (χ0v) is 18.8. The average Bonchev–Trinajstić information content (AvgIpc) is 3.53. The number of nitrogens with one attached hydrogen (secondary N) is 2. The van der Waals surface area contributed by atoms with Crippen molar-refractivity contribution < 1.29 is 24.2 Å². The first kappa shape index (κ1) is 22.8. The van der Waals surface area contributed by atoms with Crippen molar-refractivity contribution in [3.63, 3.8) is 0 Å². The fourth-order valence-corrected chi connectivity index (χ4v) is 4.54. The molecule has 0 aromatic heterocycles. The third-order valence-corrected chi connectivity index (χ3v) is 6.59. The zero-order chi connectivity index (χ0) is 23.4. The van der Waals surface area contributed by atoms with Gasteiger partial charge in [-0.25, -0.2) is 4.79 Å². The lowest BCUT2D eigenvalue weighted by atomic mass is 9.98. The summed E-state index contributed by atoms with van der Waals surface area (Å²) in [6.07, 6.45) is 0.907. The number of carboxylic acids is 1. The smallest absolute Gasteiger partial charge is 0.407 e. The monoisotopic (exact) mass is 450 g/mol. The molecule has 2 aliphatic carbocycles. The van der Waals surface area contributed by atoms with Gasteiger partial charge in [0.2, 0.25) is 5.91 Å². The Balaban J connectivity index is 1.18. The first-order chi connectivity index (χ1) is 15.9. The molecule has 33 heavy (non-hydrogen) atoms. The Morgan fingerprint density at radius 3 is 2.30 bits per heavy atom. The van der Waals surface area contributed by atoms with Gasteiger partial charge in [-0.3, -0.25) is 9.59 Å². The number of alkyl carbamates (subject to hydrolysis) is 1. The van der Waals surface area contributed by atoms with Gasteiger partial charge in [0.15, 0.2) is 0 Å². The van der Waals surface area contributed by atoms with E-state index in [0.29, 0.717) is 19.5 Å². The van der Waals surface area contributed by atoms with Crippen LogP contribution in [0.25, 0.3) is 11.1 Å². The number of fused-ring (bicyclic) bond motifs is 3. The van der Waals surface area contributed by atoms with E-state index >= 15 is 0 Å². The SMILES string of the molecule is CC(CCC(=O)O)CNC(=O)C1CC1CNC(=O)OCC1c2ccccc2-c2ccccc21. The van der Waals surface area contributed by atoms with Crippen molar-refractivity contribution in [3.8, 4) is 11.1 Å². The summed E-state index contributed by atoms with van der Waals surface area (Å²) in [7, 11) is 0. The van der Waals surface area contributed by atoms with Crippen LogP contribution >= 0.6 is 0 Å². The van der Waals surface area contributed by atoms with Crippen LogP contribution in [-0.4, -0.2) is 42.8 Å². The number of hydrogen-bond acceptors (Lipinski definition) is 4. The van der Waals surface area contributed by atoms with Crippen molar-refractivity contribution in [3.05, 3.63) is 59.7 Å². The van der Waals surface area contributed by atoms with Crippen LogP contribution in [0.5, 0.6) is 0 Å². The molecule has 0 aliphatic heterocycles. The van der Waals surface area contributed by atoms with E-state index in [1.54, 1.807) is 0 Å². The molecule has 3 N–H and O–H groups in total. The molecule has 0 bridgehead atoms. The van der Waals surface area contributed by atoms with Gasteiger partial charge in [0.25, 0.3) is 0 Å². The molecule has 174 valence electrons. The number of carbonyl (C=O) groups is 3. The molecule has 0 heterocycles. The van der Waals surface area contributed by atoms with Gasteiger partial charge in [-0.05, 0) is 46.9 Å². The highest BCUT2D eigenvalue weighted by Crippen LogP contribution is 2.44. The minimum atomic E-state index is -0.824. The number of amides is 2. The van der Waals surface area contributed by atoms with Gasteiger partial charge in [0.1, 0.15) is 6.61 Å². The fraction of sp³-hybridized carbons (Fsp3) is 0.423. The number of carbonyl (C=O) groups excluding carboxylic acids is 2. The van der Waals surface area contributed by atoms with Crippen molar-refractivity contribution >= 4 is 18.0 Å². The van der Waals surface area contributed by atoms with E-state index in [-0.39, 0.29) is 42.6 Å². The predicted octanol–water partition coefficient (Wildman–Crippen LogP) is 3.78. The molecule has 3 unspecified atom stereocenters. The molecule has 2 amide bonds. The van der Waals surface area contributed by atoms with Crippen molar-refractivity contribution in [2.24, 2.45) is 17.8 Å². The largest absolute Gasteiger partial charge is 0.481 e. The number of rotatable bonds is 10. The number of carboxylic acid groups (broad SMARTS) is 1. The highest BCUT2D eigenvalue weighted by molar-refractivity contribution is 5.82. The van der Waals surface area contributed by atoms with Gasteiger partial charge in [-0.2, -0.15) is 0 Å². The predicted molar refractivity (Wildman–Crippen MR) is 124 cm³/mol. The van der Waals surface area contributed by atoms with Crippen LogP contribution in [0.3, 0.4) is 0 Å². The van der Waals surface area contributed by atoms with E-state index in [4.69, 9.17) is 9.84 Å². The Morgan fingerprint density at radius 2 is 1.67 bits per heavy atom. The molecule has 7 nitrogen and oxygen atoms in total. The topological polar surface area (TPSA) is 105 Å². The molecule has 2 aliphatic rings. The molecule has 3 atom stereocenters. The molecule has 2 aromatic rings. The third kappa shape index (κ3) is 5.53. The van der Waals surface area contributed by atoms with E-state index in [0.717, 1.165) is 6.42 Å². The second-order valence-electron chi connectivity index (χ2n) is 9.09. The molecular formula is C26H30N2O5. The quantitative estimate of drug-likeness (QED) is 0.511. The van der Waals surface area contributed by atoms with Crippen molar-refractivity contribution in [2.45, 2.75) is 32.1 Å². The van der Waals surface area contributed by atoms with E-state index < -0.39 is 12.1 Å². The van der Waals surface area contributed by atoms with Gasteiger partial charge in [-0.15, -0.1) is 0 Å². The highest BCUT2D eigenvalue weighted by atomic mass is 16.5. The Kier molecular flexibility index (Phi) is 6.96. The summed E-state index contributed by atoms with van der Waals surface area (Å²) in [4.78, 5) is 35.2. The molecule has 0 radical (unpaired) electrons. The van der Waals surface area contributed by atoms with Crippen molar-refractivity contribution in [2.75, 3.05) is 19.7 Å². The van der Waals surface area contributed by atoms with Gasteiger partial charge in [-0.1, -0.05) is 55.5 Å². The molecule has 4 rings (SSSR count). The Labute approximate surface area is 193 Å². The average molecular weight is 451 g/mol. The molecule has 0 spiro atoms. The number of aliphatic carboxylic acids is 1. The van der Waals surface area contributed by atoms with E-state index in [1.165, 1.54) is 22.3 Å². The van der Waals surface area contributed by atoms with Crippen LogP contribution in [0.4, 0.5) is 4.79 Å². The number of hydrogen-bond donors (Lipinski definition) is 3. The maximum Gasteiger partial charge on any atom is 0.407 e. The minimum Gasteiger partial charge on any atom is -0.481 e. The fourth-order valence-electron chi connectivity index (χ4n) is 4.54. The lowest BCUT2D eigenvalue weighted by Gasteiger charge is -2.14. The summed E-state index contributed by atoms with van der Waals surface area (Å²) in [5.74, 6) is -0.719. The Bertz CT molecular complexity index is 991. The summed E-state index contributed by atoms with van der Waals surface area (Å²) in [5, 5.41) is 14.4. The third-order valence-electron chi connectivity index (χ3n) is 6.59. The Hall–Kier alpha value is -3.35. The lowest BCUT2D eigenvalue weighted by molar-refractivity contribution is -0.137. The molecular weight excluding hydrogens is 420 g/mol. The number of benzene rings is 2. The minimum absolute atomic E-state index is 0.0192. The van der Waals surface area contributed by atoms with Gasteiger partial charge in [0.05, 0.1) is 0 Å². The van der Waals surface area contributed by atoms with Crippen LogP contribution in [-0.2, 0) is 14.3 Å². The van der Waals surface area contributed by atoms with Crippen molar-refractivity contribution in [1.82, 2.24) is 10.6 Å². The molecule has 2 aromatic carbocycles. The summed E-state index contributed by atoms with van der Waals surface area (Å²) in [6, 6.07) is 16.4. The second kappa shape index (κ2) is 10.1. The summed E-state index contributed by atoms with van der Waals surface area (Å²) in [5.41, 5.74) is 4.71. The first-order valence-electron chi connectivity index (χ1n) is 11.5. The van der Waals surface area contributed by atoms with Crippen LogP contribution in [0.1, 0.15) is 43.2 Å². The maximum absolute atomic E-state index is 12.3. The summed E-state index contributed by atoms with van der Waals surface area (Å²) in [6.45, 7) is 3.06. The van der Waals surface area contributed by atoms with E-state index in [1.807, 2.05) is 31.2 Å². The van der Waals surface area contributed by atoms with Crippen molar-refractivity contribution in [1.29, 1.82) is 0 Å². The van der Waals surface area contributed by atoms with Crippen LogP contribution in [0.15, 0.2) is 48.5 Å². The van der Waals surface area contributed by atoms with Crippen LogP contribution < -0.4 is 10.6 Å². The molecule has 7 heteroatoms. The Morgan fingerprint density at radius 1 is 1.03 bits per heavy atom. The van der Waals surface area contributed by atoms with E-state index in [9.17, 15) is 14.4 Å². The van der Waals surface area contributed by atoms with Gasteiger partial charge in [0, 0.05) is 31.3 Å². The van der Waals surface area contributed by atoms with Crippen LogP contribution in [0.2, 0.25) is 0 Å². The zero-order valence-electron chi connectivity index (χ0n) is 18.8. The first-order valence-corrected chi connectivity index (χ1v) is 11.5. The second-order valence-corrected chi connectivity index (χ2v) is 9.09. The van der Waals surface area contributed by atoms with Gasteiger partial charge >= 0.3 is 12.1 Å². The summed E-state index contributed by atoms with van der Waals surface area (Å²) >= 11 is 0. The molecule has 1 fully saturated rings.